The van der Waals surface area contributed by atoms with Crippen LogP contribution in [0.1, 0.15) is 12.0 Å². The quantitative estimate of drug-likeness (QED) is 0.876. The summed E-state index contributed by atoms with van der Waals surface area (Å²) in [5, 5.41) is 17.6. The molecule has 1 aromatic rings. The van der Waals surface area contributed by atoms with E-state index in [9.17, 15) is 9.59 Å². The van der Waals surface area contributed by atoms with Crippen molar-refractivity contribution in [2.75, 3.05) is 5.75 Å². The standard InChI is InChI=1S/C13H13NO4S/c15-12(16)10-7-19-11(13(17)18)6-9(14-10)8-4-2-1-3-5-8/h1-5,10-11H,6-7H2,(H,15,16)(H,17,18). The van der Waals surface area contributed by atoms with Crippen LogP contribution >= 0.6 is 11.8 Å². The van der Waals surface area contributed by atoms with Crippen molar-refractivity contribution in [2.45, 2.75) is 17.7 Å². The van der Waals surface area contributed by atoms with Gasteiger partial charge in [0.2, 0.25) is 0 Å². The zero-order chi connectivity index (χ0) is 13.8. The molecule has 2 atom stereocenters. The number of rotatable bonds is 3. The first-order valence-electron chi connectivity index (χ1n) is 5.77. The molecule has 2 unspecified atom stereocenters. The van der Waals surface area contributed by atoms with Crippen LogP contribution < -0.4 is 0 Å². The molecule has 1 aromatic carbocycles. The van der Waals surface area contributed by atoms with Gasteiger partial charge >= 0.3 is 11.9 Å². The lowest BCUT2D eigenvalue weighted by Crippen LogP contribution is -2.21. The zero-order valence-electron chi connectivity index (χ0n) is 10.0. The smallest absolute Gasteiger partial charge is 0.329 e. The number of aliphatic carboxylic acids is 2. The lowest BCUT2D eigenvalue weighted by atomic mass is 10.1. The third-order valence-electron chi connectivity index (χ3n) is 2.81. The normalized spacial score (nSPS) is 23.3. The van der Waals surface area contributed by atoms with Gasteiger partial charge < -0.3 is 10.2 Å². The Morgan fingerprint density at radius 3 is 2.42 bits per heavy atom. The van der Waals surface area contributed by atoms with Crippen LogP contribution in [0.5, 0.6) is 0 Å². The van der Waals surface area contributed by atoms with Crippen LogP contribution in [-0.2, 0) is 9.59 Å². The van der Waals surface area contributed by atoms with Gasteiger partial charge in [-0.05, 0) is 5.56 Å². The minimum absolute atomic E-state index is 0.183. The first-order valence-corrected chi connectivity index (χ1v) is 6.82. The summed E-state index contributed by atoms with van der Waals surface area (Å²) in [5.74, 6) is -1.77. The number of benzene rings is 1. The molecule has 2 N–H and O–H groups in total. The summed E-state index contributed by atoms with van der Waals surface area (Å²) in [6, 6.07) is 8.23. The molecule has 0 radical (unpaired) electrons. The number of nitrogens with zero attached hydrogens (tertiary/aromatic N) is 1. The molecule has 5 nitrogen and oxygen atoms in total. The van der Waals surface area contributed by atoms with Crippen LogP contribution in [0.15, 0.2) is 35.3 Å². The van der Waals surface area contributed by atoms with Crippen molar-refractivity contribution in [3.63, 3.8) is 0 Å². The second kappa shape index (κ2) is 5.88. The van der Waals surface area contributed by atoms with E-state index in [2.05, 4.69) is 4.99 Å². The minimum atomic E-state index is -1.02. The predicted octanol–water partition coefficient (Wildman–Crippen LogP) is 1.52. The zero-order valence-corrected chi connectivity index (χ0v) is 10.8. The van der Waals surface area contributed by atoms with Crippen molar-refractivity contribution in [3.8, 4) is 0 Å². The molecule has 0 saturated heterocycles. The fourth-order valence-electron chi connectivity index (χ4n) is 1.83. The van der Waals surface area contributed by atoms with E-state index in [0.717, 1.165) is 17.3 Å². The molecule has 0 aromatic heterocycles. The van der Waals surface area contributed by atoms with Gasteiger partial charge in [0.25, 0.3) is 0 Å². The maximum atomic E-state index is 11.1. The van der Waals surface area contributed by atoms with Crippen LogP contribution in [0, 0.1) is 0 Å². The Labute approximate surface area is 114 Å². The van der Waals surface area contributed by atoms with E-state index in [1.54, 1.807) is 0 Å². The predicted molar refractivity (Wildman–Crippen MR) is 72.9 cm³/mol. The Hall–Kier alpha value is -1.82. The SMILES string of the molecule is O=C(O)C1CSC(C(=O)O)CC(c2ccccc2)=N1. The molecule has 0 fully saturated rings. The summed E-state index contributed by atoms with van der Waals surface area (Å²) in [5.41, 5.74) is 1.33. The molecule has 100 valence electrons. The molecule has 0 saturated carbocycles. The summed E-state index contributed by atoms with van der Waals surface area (Å²) in [6.07, 6.45) is 0.244. The van der Waals surface area contributed by atoms with E-state index in [4.69, 9.17) is 10.2 Å². The van der Waals surface area contributed by atoms with E-state index in [0.29, 0.717) is 5.71 Å². The molecular formula is C13H13NO4S. The highest BCUT2D eigenvalue weighted by Crippen LogP contribution is 2.24. The highest BCUT2D eigenvalue weighted by molar-refractivity contribution is 8.00. The van der Waals surface area contributed by atoms with E-state index in [1.165, 1.54) is 0 Å². The topological polar surface area (TPSA) is 87.0 Å². The lowest BCUT2D eigenvalue weighted by molar-refractivity contribution is -0.138. The fraction of sp³-hybridized carbons (Fsp3) is 0.308. The van der Waals surface area contributed by atoms with Gasteiger partial charge in [0.05, 0.1) is 0 Å². The van der Waals surface area contributed by atoms with Gasteiger partial charge in [0.1, 0.15) is 5.25 Å². The Morgan fingerprint density at radius 2 is 1.84 bits per heavy atom. The van der Waals surface area contributed by atoms with Gasteiger partial charge in [0, 0.05) is 17.9 Å². The average Bonchev–Trinajstić information content (AvgIpc) is 2.62. The van der Waals surface area contributed by atoms with E-state index >= 15 is 0 Å². The summed E-state index contributed by atoms with van der Waals surface area (Å²) in [7, 11) is 0. The van der Waals surface area contributed by atoms with Crippen molar-refractivity contribution in [3.05, 3.63) is 35.9 Å². The number of aliphatic imine (C=N–C) groups is 1. The molecular weight excluding hydrogens is 266 g/mol. The van der Waals surface area contributed by atoms with Gasteiger partial charge in [-0.1, -0.05) is 30.3 Å². The third-order valence-corrected chi connectivity index (χ3v) is 4.09. The Kier molecular flexibility index (Phi) is 4.21. The molecule has 0 spiro atoms. The number of hydrogen-bond donors (Lipinski definition) is 2. The lowest BCUT2D eigenvalue weighted by Gasteiger charge is -2.09. The monoisotopic (exact) mass is 279 g/mol. The van der Waals surface area contributed by atoms with E-state index in [-0.39, 0.29) is 12.2 Å². The summed E-state index contributed by atoms with van der Waals surface area (Å²) < 4.78 is 0. The van der Waals surface area contributed by atoms with Gasteiger partial charge in [-0.25, -0.2) is 4.79 Å². The first kappa shape index (κ1) is 13.6. The largest absolute Gasteiger partial charge is 0.480 e. The van der Waals surface area contributed by atoms with Gasteiger partial charge in [-0.2, -0.15) is 0 Å². The molecule has 6 heteroatoms. The molecule has 19 heavy (non-hydrogen) atoms. The fourth-order valence-corrected chi connectivity index (χ4v) is 2.88. The van der Waals surface area contributed by atoms with Gasteiger partial charge in [0.15, 0.2) is 6.04 Å². The van der Waals surface area contributed by atoms with Crippen LogP contribution in [-0.4, -0.2) is 44.9 Å². The highest BCUT2D eigenvalue weighted by Gasteiger charge is 2.29. The summed E-state index contributed by atoms with van der Waals surface area (Å²) in [6.45, 7) is 0. The van der Waals surface area contributed by atoms with Crippen LogP contribution in [0.2, 0.25) is 0 Å². The number of carboxylic acid groups (broad SMARTS) is 2. The van der Waals surface area contributed by atoms with Crippen molar-refractivity contribution < 1.29 is 19.8 Å². The molecule has 0 amide bonds. The number of hydrogen-bond acceptors (Lipinski definition) is 4. The first-order chi connectivity index (χ1) is 9.08. The second-order valence-electron chi connectivity index (χ2n) is 4.16. The number of carboxylic acids is 2. The van der Waals surface area contributed by atoms with Crippen LogP contribution in [0.4, 0.5) is 0 Å². The number of carbonyl (C=O) groups is 2. The van der Waals surface area contributed by atoms with Crippen LogP contribution in [0.25, 0.3) is 0 Å². The molecule has 1 heterocycles. The van der Waals surface area contributed by atoms with Crippen LogP contribution in [0.3, 0.4) is 0 Å². The number of thioether (sulfide) groups is 1. The van der Waals surface area contributed by atoms with E-state index in [1.807, 2.05) is 30.3 Å². The van der Waals surface area contributed by atoms with E-state index < -0.39 is 23.2 Å². The Bertz CT molecular complexity index is 515. The maximum Gasteiger partial charge on any atom is 0.329 e. The van der Waals surface area contributed by atoms with Crippen molar-refractivity contribution in [2.24, 2.45) is 4.99 Å². The molecule has 0 bridgehead atoms. The average molecular weight is 279 g/mol. The summed E-state index contributed by atoms with van der Waals surface area (Å²) in [4.78, 5) is 26.4. The maximum absolute atomic E-state index is 11.1. The summed E-state index contributed by atoms with van der Waals surface area (Å²) >= 11 is 1.13. The van der Waals surface area contributed by atoms with Crippen molar-refractivity contribution in [1.82, 2.24) is 0 Å². The molecule has 1 aliphatic rings. The molecule has 0 aliphatic carbocycles. The second-order valence-corrected chi connectivity index (χ2v) is 5.40. The Morgan fingerprint density at radius 1 is 1.16 bits per heavy atom. The van der Waals surface area contributed by atoms with Gasteiger partial charge in [-0.3, -0.25) is 9.79 Å². The molecule has 2 rings (SSSR count). The van der Waals surface area contributed by atoms with Crippen molar-refractivity contribution >= 4 is 29.4 Å². The highest BCUT2D eigenvalue weighted by atomic mass is 32.2. The minimum Gasteiger partial charge on any atom is -0.480 e. The van der Waals surface area contributed by atoms with Gasteiger partial charge in [-0.15, -0.1) is 11.8 Å². The molecule has 1 aliphatic heterocycles. The Balaban J connectivity index is 2.34. The van der Waals surface area contributed by atoms with Crippen molar-refractivity contribution in [1.29, 1.82) is 0 Å². The third kappa shape index (κ3) is 3.35.